The molecule has 33 heavy (non-hydrogen) atoms. The van der Waals surface area contributed by atoms with Crippen molar-refractivity contribution < 1.29 is 22.3 Å². The van der Waals surface area contributed by atoms with E-state index in [2.05, 4.69) is 15.0 Å². The fourth-order valence-electron chi connectivity index (χ4n) is 4.47. The normalized spacial score (nSPS) is 18.8. The number of hydrogen-bond donors (Lipinski definition) is 0. The maximum Gasteiger partial charge on any atom is 0.432 e. The first kappa shape index (κ1) is 23.6. The number of hydrogen-bond acceptors (Lipinski definition) is 1. The monoisotopic (exact) mass is 469 g/mol. The van der Waals surface area contributed by atoms with Crippen LogP contribution in [0.4, 0.5) is 17.6 Å². The van der Waals surface area contributed by atoms with Crippen molar-refractivity contribution in [3.8, 4) is 16.9 Å². The van der Waals surface area contributed by atoms with E-state index in [1.54, 1.807) is 31.2 Å². The number of aryl methyl sites for hydroxylation is 1. The Hall–Kier alpha value is -2.60. The van der Waals surface area contributed by atoms with Gasteiger partial charge in [0.1, 0.15) is 22.9 Å². The highest BCUT2D eigenvalue weighted by Crippen LogP contribution is 2.39. The SMILES string of the molecule is Cc1ccc(OC(F)(F)c2c(F)cc(-c3ccc(C4CCC(C[Si])CC4)cc3)cc2F)cc1. The van der Waals surface area contributed by atoms with Gasteiger partial charge in [-0.05, 0) is 72.6 Å². The van der Waals surface area contributed by atoms with Crippen LogP contribution in [-0.4, -0.2) is 10.2 Å². The molecule has 0 spiro atoms. The number of rotatable bonds is 6. The smallest absolute Gasteiger partial charge is 0.429 e. The molecule has 0 aliphatic heterocycles. The molecule has 0 bridgehead atoms. The minimum Gasteiger partial charge on any atom is -0.429 e. The van der Waals surface area contributed by atoms with Crippen LogP contribution >= 0.6 is 0 Å². The Labute approximate surface area is 195 Å². The zero-order valence-corrected chi connectivity index (χ0v) is 19.4. The van der Waals surface area contributed by atoms with Crippen molar-refractivity contribution in [2.45, 2.75) is 50.7 Å². The largest absolute Gasteiger partial charge is 0.432 e. The standard InChI is InChI=1S/C27H25F4OSi/c1-17-2-12-23(13-3-17)32-27(30,31)26-24(28)14-22(15-25(26)29)21-10-8-20(9-11-21)19-6-4-18(16-33)5-7-19/h2-3,8-15,18-19H,4-7,16H2,1H3. The summed E-state index contributed by atoms with van der Waals surface area (Å²) in [5, 5.41) is 0. The third-order valence-corrected chi connectivity index (χ3v) is 7.03. The van der Waals surface area contributed by atoms with Gasteiger partial charge in [0.15, 0.2) is 0 Å². The average Bonchev–Trinajstić information content (AvgIpc) is 2.80. The second-order valence-corrected chi connectivity index (χ2v) is 9.20. The van der Waals surface area contributed by atoms with Crippen LogP contribution in [0.5, 0.6) is 5.75 Å². The molecule has 0 aromatic heterocycles. The lowest BCUT2D eigenvalue weighted by Gasteiger charge is -2.28. The average molecular weight is 470 g/mol. The van der Waals surface area contributed by atoms with E-state index in [9.17, 15) is 17.6 Å². The molecule has 0 saturated heterocycles. The quantitative estimate of drug-likeness (QED) is 0.263. The summed E-state index contributed by atoms with van der Waals surface area (Å²) in [4.78, 5) is 0. The molecule has 3 aromatic rings. The Bertz CT molecular complexity index is 1070. The van der Waals surface area contributed by atoms with Crippen molar-refractivity contribution in [3.63, 3.8) is 0 Å². The van der Waals surface area contributed by atoms with Gasteiger partial charge in [0.2, 0.25) is 0 Å². The van der Waals surface area contributed by atoms with Crippen LogP contribution < -0.4 is 4.74 Å². The van der Waals surface area contributed by atoms with E-state index >= 15 is 0 Å². The van der Waals surface area contributed by atoms with E-state index < -0.39 is 23.3 Å². The Kier molecular flexibility index (Phi) is 6.93. The molecule has 1 aliphatic rings. The van der Waals surface area contributed by atoms with Gasteiger partial charge in [-0.25, -0.2) is 8.78 Å². The van der Waals surface area contributed by atoms with Crippen LogP contribution in [0.25, 0.3) is 11.1 Å². The van der Waals surface area contributed by atoms with Crippen molar-refractivity contribution in [1.82, 2.24) is 0 Å². The molecule has 3 aromatic carbocycles. The minimum absolute atomic E-state index is 0.172. The van der Waals surface area contributed by atoms with Crippen LogP contribution in [0.3, 0.4) is 0 Å². The molecule has 0 N–H and O–H groups in total. The molecule has 1 fully saturated rings. The maximum atomic E-state index is 14.7. The summed E-state index contributed by atoms with van der Waals surface area (Å²) in [7, 11) is 3.60. The van der Waals surface area contributed by atoms with Gasteiger partial charge in [-0.3, -0.25) is 0 Å². The molecular weight excluding hydrogens is 444 g/mol. The molecular formula is C27H25F4OSi. The summed E-state index contributed by atoms with van der Waals surface area (Å²) in [6.07, 6.45) is 0.421. The predicted octanol–water partition coefficient (Wildman–Crippen LogP) is 7.93. The first-order valence-electron chi connectivity index (χ1n) is 11.1. The van der Waals surface area contributed by atoms with Crippen LogP contribution in [0.2, 0.25) is 6.04 Å². The van der Waals surface area contributed by atoms with Gasteiger partial charge < -0.3 is 4.74 Å². The summed E-state index contributed by atoms with van der Waals surface area (Å²) < 4.78 is 63.2. The molecule has 6 heteroatoms. The summed E-state index contributed by atoms with van der Waals surface area (Å²) in [5.41, 5.74) is 1.42. The van der Waals surface area contributed by atoms with E-state index in [0.29, 0.717) is 11.5 Å². The van der Waals surface area contributed by atoms with Gasteiger partial charge in [0.25, 0.3) is 0 Å². The molecule has 0 unspecified atom stereocenters. The van der Waals surface area contributed by atoms with E-state index in [-0.39, 0.29) is 11.3 Å². The van der Waals surface area contributed by atoms with Crippen molar-refractivity contribution >= 4 is 10.2 Å². The van der Waals surface area contributed by atoms with Crippen LogP contribution in [0.15, 0.2) is 60.7 Å². The Morgan fingerprint density at radius 2 is 1.42 bits per heavy atom. The van der Waals surface area contributed by atoms with Crippen molar-refractivity contribution in [1.29, 1.82) is 0 Å². The minimum atomic E-state index is -4.15. The van der Waals surface area contributed by atoms with Crippen molar-refractivity contribution in [3.05, 3.63) is 89.0 Å². The lowest BCUT2D eigenvalue weighted by atomic mass is 9.79. The zero-order chi connectivity index (χ0) is 23.6. The third-order valence-electron chi connectivity index (χ3n) is 6.45. The number of alkyl halides is 2. The van der Waals surface area contributed by atoms with Gasteiger partial charge in [-0.15, -0.1) is 0 Å². The van der Waals surface area contributed by atoms with E-state index in [0.717, 1.165) is 42.5 Å². The molecule has 0 heterocycles. The topological polar surface area (TPSA) is 9.23 Å². The number of ether oxygens (including phenoxy) is 1. The molecule has 0 amide bonds. The van der Waals surface area contributed by atoms with Gasteiger partial charge >= 0.3 is 6.11 Å². The van der Waals surface area contributed by atoms with Crippen LogP contribution in [-0.2, 0) is 6.11 Å². The van der Waals surface area contributed by atoms with Gasteiger partial charge in [0.05, 0.1) is 0 Å². The van der Waals surface area contributed by atoms with Crippen LogP contribution in [0.1, 0.15) is 48.3 Å². The lowest BCUT2D eigenvalue weighted by Crippen LogP contribution is -2.25. The lowest BCUT2D eigenvalue weighted by molar-refractivity contribution is -0.189. The first-order chi connectivity index (χ1) is 15.8. The highest BCUT2D eigenvalue weighted by atomic mass is 28.1. The Morgan fingerprint density at radius 3 is 1.97 bits per heavy atom. The van der Waals surface area contributed by atoms with Gasteiger partial charge in [-0.2, -0.15) is 8.78 Å². The highest BCUT2D eigenvalue weighted by Gasteiger charge is 2.41. The second-order valence-electron chi connectivity index (χ2n) is 8.79. The maximum absolute atomic E-state index is 14.7. The summed E-state index contributed by atoms with van der Waals surface area (Å²) in [6, 6.07) is 16.2. The predicted molar refractivity (Wildman–Crippen MR) is 123 cm³/mol. The summed E-state index contributed by atoms with van der Waals surface area (Å²) >= 11 is 0. The summed E-state index contributed by atoms with van der Waals surface area (Å²) in [5.74, 6) is -1.68. The molecule has 0 atom stereocenters. The molecule has 1 aliphatic carbocycles. The molecule has 171 valence electrons. The van der Waals surface area contributed by atoms with E-state index in [1.165, 1.54) is 30.5 Å². The molecule has 1 nitrogen and oxygen atoms in total. The molecule has 4 rings (SSSR count). The Balaban J connectivity index is 1.53. The fraction of sp³-hybridized carbons (Fsp3) is 0.333. The van der Waals surface area contributed by atoms with Crippen molar-refractivity contribution in [2.24, 2.45) is 5.92 Å². The van der Waals surface area contributed by atoms with Gasteiger partial charge in [-0.1, -0.05) is 60.8 Å². The van der Waals surface area contributed by atoms with Crippen LogP contribution in [0, 0.1) is 24.5 Å². The second kappa shape index (κ2) is 9.72. The fourth-order valence-corrected chi connectivity index (χ4v) is 4.88. The van der Waals surface area contributed by atoms with Gasteiger partial charge in [0, 0.05) is 10.2 Å². The zero-order valence-electron chi connectivity index (χ0n) is 18.4. The Morgan fingerprint density at radius 1 is 0.848 bits per heavy atom. The number of benzene rings is 3. The highest BCUT2D eigenvalue weighted by molar-refractivity contribution is 6.08. The third kappa shape index (κ3) is 5.32. The molecule has 3 radical (unpaired) electrons. The van der Waals surface area contributed by atoms with Crippen molar-refractivity contribution in [2.75, 3.05) is 0 Å². The summed E-state index contributed by atoms with van der Waals surface area (Å²) in [6.45, 7) is 1.79. The first-order valence-corrected chi connectivity index (χ1v) is 11.9. The molecule has 1 saturated carbocycles. The van der Waals surface area contributed by atoms with E-state index in [4.69, 9.17) is 0 Å². The number of halogens is 4. The van der Waals surface area contributed by atoms with E-state index in [1.807, 2.05) is 12.1 Å².